The summed E-state index contributed by atoms with van der Waals surface area (Å²) in [6.07, 6.45) is 1.39. The van der Waals surface area contributed by atoms with Crippen LogP contribution in [0.15, 0.2) is 54.7 Å². The standard InChI is InChI=1S/C22H15FN4O3/c1-12-18-19-17(11-24-20(18)27(25-12)14-8-6-13(23)7-9-14)21(28)26(22(19)29)15-4-3-5-16(10-15)30-2/h3-11H,1-2H3. The van der Waals surface area contributed by atoms with Crippen LogP contribution in [0.3, 0.4) is 0 Å². The lowest BCUT2D eigenvalue weighted by atomic mass is 10.1. The van der Waals surface area contributed by atoms with Gasteiger partial charge in [-0.25, -0.2) is 19.0 Å². The lowest BCUT2D eigenvalue weighted by molar-refractivity contribution is 0.0926. The predicted octanol–water partition coefficient (Wildman–Crippen LogP) is 3.68. The van der Waals surface area contributed by atoms with Gasteiger partial charge in [0.1, 0.15) is 11.6 Å². The second-order valence-electron chi connectivity index (χ2n) is 6.87. The Morgan fingerprint density at radius 3 is 2.50 bits per heavy atom. The normalized spacial score (nSPS) is 13.2. The maximum absolute atomic E-state index is 13.3. The Balaban J connectivity index is 1.69. The highest BCUT2D eigenvalue weighted by Crippen LogP contribution is 2.35. The highest BCUT2D eigenvalue weighted by atomic mass is 19.1. The Bertz CT molecular complexity index is 1340. The molecule has 0 N–H and O–H groups in total. The third-order valence-electron chi connectivity index (χ3n) is 5.10. The number of nitrogens with zero attached hydrogens (tertiary/aromatic N) is 4. The van der Waals surface area contributed by atoms with Gasteiger partial charge in [-0.3, -0.25) is 9.59 Å². The van der Waals surface area contributed by atoms with E-state index in [1.807, 2.05) is 0 Å². The number of amides is 2. The number of imide groups is 1. The number of pyridine rings is 1. The highest BCUT2D eigenvalue weighted by molar-refractivity contribution is 6.37. The summed E-state index contributed by atoms with van der Waals surface area (Å²) in [6.45, 7) is 1.75. The van der Waals surface area contributed by atoms with Crippen molar-refractivity contribution in [2.75, 3.05) is 12.0 Å². The van der Waals surface area contributed by atoms with E-state index in [0.29, 0.717) is 33.9 Å². The Morgan fingerprint density at radius 1 is 1.00 bits per heavy atom. The molecule has 1 aliphatic rings. The number of hydrogen-bond acceptors (Lipinski definition) is 5. The fourth-order valence-electron chi connectivity index (χ4n) is 3.71. The van der Waals surface area contributed by atoms with Crippen molar-refractivity contribution < 1.29 is 18.7 Å². The van der Waals surface area contributed by atoms with E-state index in [1.54, 1.807) is 43.3 Å². The molecule has 0 saturated carbocycles. The molecule has 0 spiro atoms. The summed E-state index contributed by atoms with van der Waals surface area (Å²) in [5, 5.41) is 4.98. The van der Waals surface area contributed by atoms with E-state index in [-0.39, 0.29) is 16.9 Å². The second kappa shape index (κ2) is 6.48. The molecule has 0 saturated heterocycles. The van der Waals surface area contributed by atoms with Crippen LogP contribution in [-0.4, -0.2) is 33.7 Å². The Kier molecular flexibility index (Phi) is 3.89. The Hall–Kier alpha value is -4.07. The van der Waals surface area contributed by atoms with Gasteiger partial charge in [-0.05, 0) is 43.3 Å². The van der Waals surface area contributed by atoms with Gasteiger partial charge in [-0.15, -0.1) is 0 Å². The largest absolute Gasteiger partial charge is 0.497 e. The molecule has 0 atom stereocenters. The van der Waals surface area contributed by atoms with Crippen LogP contribution in [0.1, 0.15) is 26.4 Å². The molecule has 0 aliphatic carbocycles. The molecule has 8 heteroatoms. The van der Waals surface area contributed by atoms with Crippen molar-refractivity contribution in [1.82, 2.24) is 14.8 Å². The van der Waals surface area contributed by atoms with Crippen molar-refractivity contribution in [3.8, 4) is 11.4 Å². The molecule has 0 fully saturated rings. The molecule has 7 nitrogen and oxygen atoms in total. The molecule has 148 valence electrons. The van der Waals surface area contributed by atoms with Crippen LogP contribution in [0.4, 0.5) is 10.1 Å². The Labute approximate surface area is 170 Å². The number of ether oxygens (including phenoxy) is 1. The third-order valence-corrected chi connectivity index (χ3v) is 5.10. The average Bonchev–Trinajstić information content (AvgIpc) is 3.22. The number of rotatable bonds is 3. The molecule has 0 bridgehead atoms. The molecule has 2 amide bonds. The van der Waals surface area contributed by atoms with Crippen LogP contribution in [0.5, 0.6) is 5.75 Å². The lowest BCUT2D eigenvalue weighted by Gasteiger charge is -2.14. The molecule has 0 radical (unpaired) electrons. The van der Waals surface area contributed by atoms with Crippen molar-refractivity contribution in [2.24, 2.45) is 0 Å². The van der Waals surface area contributed by atoms with Crippen molar-refractivity contribution in [3.63, 3.8) is 0 Å². The van der Waals surface area contributed by atoms with E-state index in [0.717, 1.165) is 4.90 Å². The van der Waals surface area contributed by atoms with E-state index in [4.69, 9.17) is 4.74 Å². The number of aryl methyl sites for hydroxylation is 1. The smallest absolute Gasteiger partial charge is 0.267 e. The first-order valence-electron chi connectivity index (χ1n) is 9.16. The molecule has 0 unspecified atom stereocenters. The minimum atomic E-state index is -0.452. The van der Waals surface area contributed by atoms with Gasteiger partial charge in [0.15, 0.2) is 5.65 Å². The number of carbonyl (C=O) groups is 2. The van der Waals surface area contributed by atoms with Crippen molar-refractivity contribution in [3.05, 3.63) is 77.4 Å². The number of fused-ring (bicyclic) bond motifs is 3. The van der Waals surface area contributed by atoms with Crippen LogP contribution in [0.2, 0.25) is 0 Å². The van der Waals surface area contributed by atoms with Crippen LogP contribution in [-0.2, 0) is 0 Å². The zero-order valence-electron chi connectivity index (χ0n) is 16.1. The zero-order valence-corrected chi connectivity index (χ0v) is 16.1. The van der Waals surface area contributed by atoms with E-state index >= 15 is 0 Å². The van der Waals surface area contributed by atoms with Gasteiger partial charge in [0.05, 0.1) is 40.7 Å². The second-order valence-corrected chi connectivity index (χ2v) is 6.87. The van der Waals surface area contributed by atoms with Crippen LogP contribution in [0.25, 0.3) is 16.7 Å². The molecule has 5 rings (SSSR count). The first-order valence-corrected chi connectivity index (χ1v) is 9.16. The quantitative estimate of drug-likeness (QED) is 0.489. The topological polar surface area (TPSA) is 77.3 Å². The van der Waals surface area contributed by atoms with E-state index in [1.165, 1.54) is 30.1 Å². The fourth-order valence-corrected chi connectivity index (χ4v) is 3.71. The van der Waals surface area contributed by atoms with Gasteiger partial charge >= 0.3 is 0 Å². The zero-order chi connectivity index (χ0) is 21.0. The molecular formula is C22H15FN4O3. The average molecular weight is 402 g/mol. The first kappa shape index (κ1) is 18.0. The lowest BCUT2D eigenvalue weighted by Crippen LogP contribution is -2.29. The van der Waals surface area contributed by atoms with Crippen molar-refractivity contribution in [2.45, 2.75) is 6.92 Å². The van der Waals surface area contributed by atoms with Crippen LogP contribution < -0.4 is 9.64 Å². The SMILES string of the molecule is COc1cccc(N2C(=O)c3cnc4c(c(C)nn4-c4ccc(F)cc4)c3C2=O)c1. The monoisotopic (exact) mass is 402 g/mol. The highest BCUT2D eigenvalue weighted by Gasteiger charge is 2.40. The van der Waals surface area contributed by atoms with Crippen LogP contribution >= 0.6 is 0 Å². The van der Waals surface area contributed by atoms with Gasteiger partial charge in [0.2, 0.25) is 0 Å². The summed E-state index contributed by atoms with van der Waals surface area (Å²) >= 11 is 0. The number of anilines is 1. The summed E-state index contributed by atoms with van der Waals surface area (Å²) < 4.78 is 20.1. The summed E-state index contributed by atoms with van der Waals surface area (Å²) in [5.74, 6) is -0.730. The van der Waals surface area contributed by atoms with E-state index in [2.05, 4.69) is 10.1 Å². The summed E-state index contributed by atoms with van der Waals surface area (Å²) in [7, 11) is 1.52. The number of aromatic nitrogens is 3. The summed E-state index contributed by atoms with van der Waals surface area (Å²) in [6, 6.07) is 12.5. The predicted molar refractivity (Wildman–Crippen MR) is 108 cm³/mol. The molecule has 30 heavy (non-hydrogen) atoms. The maximum Gasteiger partial charge on any atom is 0.267 e. The number of hydrogen-bond donors (Lipinski definition) is 0. The van der Waals surface area contributed by atoms with Crippen LogP contribution in [0, 0.1) is 12.7 Å². The van der Waals surface area contributed by atoms with Gasteiger partial charge < -0.3 is 4.74 Å². The summed E-state index contributed by atoms with van der Waals surface area (Å²) in [4.78, 5) is 31.9. The van der Waals surface area contributed by atoms with Gasteiger partial charge in [0.25, 0.3) is 11.8 Å². The van der Waals surface area contributed by atoms with Crippen molar-refractivity contribution in [1.29, 1.82) is 0 Å². The first-order chi connectivity index (χ1) is 14.5. The summed E-state index contributed by atoms with van der Waals surface area (Å²) in [5.41, 5.74) is 2.47. The molecule has 2 aromatic heterocycles. The number of halogens is 1. The van der Waals surface area contributed by atoms with E-state index in [9.17, 15) is 14.0 Å². The minimum Gasteiger partial charge on any atom is -0.497 e. The van der Waals surface area contributed by atoms with Gasteiger partial charge in [-0.1, -0.05) is 6.07 Å². The van der Waals surface area contributed by atoms with Gasteiger partial charge in [-0.2, -0.15) is 5.10 Å². The molecule has 1 aliphatic heterocycles. The molecule has 3 heterocycles. The molecule has 2 aromatic carbocycles. The number of methoxy groups -OCH3 is 1. The molecule has 4 aromatic rings. The maximum atomic E-state index is 13.3. The molecular weight excluding hydrogens is 387 g/mol. The van der Waals surface area contributed by atoms with Gasteiger partial charge in [0, 0.05) is 12.3 Å². The number of benzene rings is 2. The number of carbonyl (C=O) groups excluding carboxylic acids is 2. The minimum absolute atomic E-state index is 0.220. The van der Waals surface area contributed by atoms with Crippen molar-refractivity contribution >= 4 is 28.5 Å². The fraction of sp³-hybridized carbons (Fsp3) is 0.0909. The van der Waals surface area contributed by atoms with E-state index < -0.39 is 11.8 Å². The Morgan fingerprint density at radius 2 is 1.77 bits per heavy atom. The third kappa shape index (κ3) is 2.50.